The standard InChI is InChI=1S/C18H22N4OS/c1-13-5-10-17(21-20-13)22-11-3-4-14(12-22)18(23)19-15-6-8-16(24-2)9-7-15/h5-10,14H,3-4,11-12H2,1-2H3,(H,19,23). The lowest BCUT2D eigenvalue weighted by Gasteiger charge is -2.32. The van der Waals surface area contributed by atoms with Crippen molar-refractivity contribution in [2.24, 2.45) is 5.92 Å². The van der Waals surface area contributed by atoms with E-state index in [1.807, 2.05) is 49.6 Å². The minimum Gasteiger partial charge on any atom is -0.354 e. The van der Waals surface area contributed by atoms with Crippen molar-refractivity contribution in [3.63, 3.8) is 0 Å². The number of amides is 1. The Hall–Kier alpha value is -2.08. The van der Waals surface area contributed by atoms with E-state index in [0.29, 0.717) is 6.54 Å². The number of thioether (sulfide) groups is 1. The zero-order valence-corrected chi connectivity index (χ0v) is 14.8. The number of carbonyl (C=O) groups excluding carboxylic acids is 1. The Morgan fingerprint density at radius 1 is 1.21 bits per heavy atom. The molecule has 0 saturated carbocycles. The van der Waals surface area contributed by atoms with Crippen LogP contribution in [0.1, 0.15) is 18.5 Å². The van der Waals surface area contributed by atoms with E-state index in [4.69, 9.17) is 0 Å². The molecule has 1 aliphatic rings. The van der Waals surface area contributed by atoms with Crippen LogP contribution in [0.5, 0.6) is 0 Å². The molecule has 2 heterocycles. The van der Waals surface area contributed by atoms with Crippen molar-refractivity contribution in [1.29, 1.82) is 0 Å². The second kappa shape index (κ2) is 7.66. The van der Waals surface area contributed by atoms with Gasteiger partial charge in [0.2, 0.25) is 5.91 Å². The van der Waals surface area contributed by atoms with Gasteiger partial charge in [-0.25, -0.2) is 0 Å². The topological polar surface area (TPSA) is 58.1 Å². The van der Waals surface area contributed by atoms with Crippen LogP contribution in [0.25, 0.3) is 0 Å². The van der Waals surface area contributed by atoms with Crippen molar-refractivity contribution in [3.05, 3.63) is 42.1 Å². The van der Waals surface area contributed by atoms with Crippen LogP contribution in [0.15, 0.2) is 41.3 Å². The molecule has 1 amide bonds. The smallest absolute Gasteiger partial charge is 0.229 e. The van der Waals surface area contributed by atoms with E-state index in [-0.39, 0.29) is 11.8 Å². The second-order valence-electron chi connectivity index (χ2n) is 6.04. The number of benzene rings is 1. The third-order valence-corrected chi connectivity index (χ3v) is 5.00. The summed E-state index contributed by atoms with van der Waals surface area (Å²) in [4.78, 5) is 15.9. The van der Waals surface area contributed by atoms with Crippen molar-refractivity contribution in [2.75, 3.05) is 29.6 Å². The number of carbonyl (C=O) groups is 1. The number of hydrogen-bond acceptors (Lipinski definition) is 5. The molecule has 5 nitrogen and oxygen atoms in total. The second-order valence-corrected chi connectivity index (χ2v) is 6.92. The van der Waals surface area contributed by atoms with Crippen LogP contribution in [0.4, 0.5) is 11.5 Å². The number of nitrogens with one attached hydrogen (secondary N) is 1. The van der Waals surface area contributed by atoms with Gasteiger partial charge in [-0.1, -0.05) is 0 Å². The van der Waals surface area contributed by atoms with Gasteiger partial charge in [0, 0.05) is 23.7 Å². The Morgan fingerprint density at radius 2 is 2.00 bits per heavy atom. The van der Waals surface area contributed by atoms with Crippen molar-refractivity contribution >= 4 is 29.2 Å². The monoisotopic (exact) mass is 342 g/mol. The Bertz CT molecular complexity index is 687. The van der Waals surface area contributed by atoms with E-state index in [2.05, 4.69) is 20.4 Å². The highest BCUT2D eigenvalue weighted by Gasteiger charge is 2.26. The maximum absolute atomic E-state index is 12.6. The molecule has 0 spiro atoms. The molecule has 1 aliphatic heterocycles. The van der Waals surface area contributed by atoms with E-state index < -0.39 is 0 Å². The summed E-state index contributed by atoms with van der Waals surface area (Å²) in [6.45, 7) is 3.53. The summed E-state index contributed by atoms with van der Waals surface area (Å²) in [6.07, 6.45) is 3.93. The molecular formula is C18H22N4OS. The van der Waals surface area contributed by atoms with Crippen LogP contribution >= 0.6 is 11.8 Å². The highest BCUT2D eigenvalue weighted by Crippen LogP contribution is 2.23. The summed E-state index contributed by atoms with van der Waals surface area (Å²) >= 11 is 1.69. The Labute approximate surface area is 146 Å². The van der Waals surface area contributed by atoms with E-state index in [1.54, 1.807) is 11.8 Å². The summed E-state index contributed by atoms with van der Waals surface area (Å²) in [5, 5.41) is 11.4. The number of hydrogen-bond donors (Lipinski definition) is 1. The largest absolute Gasteiger partial charge is 0.354 e. The van der Waals surface area contributed by atoms with Gasteiger partial charge in [-0.3, -0.25) is 4.79 Å². The van der Waals surface area contributed by atoms with Gasteiger partial charge in [-0.15, -0.1) is 16.9 Å². The quantitative estimate of drug-likeness (QED) is 0.864. The van der Waals surface area contributed by atoms with Crippen LogP contribution in [-0.2, 0) is 4.79 Å². The molecule has 1 N–H and O–H groups in total. The lowest BCUT2D eigenvalue weighted by atomic mass is 9.97. The molecule has 1 aromatic heterocycles. The van der Waals surface area contributed by atoms with E-state index in [1.165, 1.54) is 4.90 Å². The van der Waals surface area contributed by atoms with E-state index in [0.717, 1.165) is 36.6 Å². The first kappa shape index (κ1) is 16.8. The van der Waals surface area contributed by atoms with Gasteiger partial charge in [0.1, 0.15) is 0 Å². The fraction of sp³-hybridized carbons (Fsp3) is 0.389. The first-order chi connectivity index (χ1) is 11.7. The molecule has 0 radical (unpaired) electrons. The van der Waals surface area contributed by atoms with Crippen molar-refractivity contribution in [2.45, 2.75) is 24.7 Å². The maximum atomic E-state index is 12.6. The number of aryl methyl sites for hydroxylation is 1. The average Bonchev–Trinajstić information content (AvgIpc) is 2.63. The molecule has 1 unspecified atom stereocenters. The van der Waals surface area contributed by atoms with Crippen molar-refractivity contribution in [1.82, 2.24) is 10.2 Å². The summed E-state index contributed by atoms with van der Waals surface area (Å²) in [7, 11) is 0. The minimum absolute atomic E-state index is 0.0259. The molecule has 1 saturated heterocycles. The highest BCUT2D eigenvalue weighted by atomic mass is 32.2. The summed E-state index contributed by atoms with van der Waals surface area (Å²) in [5.74, 6) is 0.904. The first-order valence-electron chi connectivity index (χ1n) is 8.16. The van der Waals surface area contributed by atoms with Gasteiger partial charge >= 0.3 is 0 Å². The van der Waals surface area contributed by atoms with Crippen LogP contribution in [0.3, 0.4) is 0 Å². The first-order valence-corrected chi connectivity index (χ1v) is 9.38. The van der Waals surface area contributed by atoms with E-state index in [9.17, 15) is 4.79 Å². The van der Waals surface area contributed by atoms with Crippen LogP contribution in [0, 0.1) is 12.8 Å². The van der Waals surface area contributed by atoms with Gasteiger partial charge in [-0.2, -0.15) is 5.10 Å². The molecule has 1 aromatic carbocycles. The summed E-state index contributed by atoms with van der Waals surface area (Å²) in [5.41, 5.74) is 1.75. The molecule has 24 heavy (non-hydrogen) atoms. The number of rotatable bonds is 4. The van der Waals surface area contributed by atoms with Gasteiger partial charge in [0.25, 0.3) is 0 Å². The Kier molecular flexibility index (Phi) is 5.35. The Balaban J connectivity index is 1.63. The van der Waals surface area contributed by atoms with Crippen molar-refractivity contribution < 1.29 is 4.79 Å². The number of nitrogens with zero attached hydrogens (tertiary/aromatic N) is 3. The van der Waals surface area contributed by atoms with Crippen LogP contribution < -0.4 is 10.2 Å². The number of anilines is 2. The van der Waals surface area contributed by atoms with Crippen molar-refractivity contribution in [3.8, 4) is 0 Å². The fourth-order valence-corrected chi connectivity index (χ4v) is 3.29. The molecule has 3 rings (SSSR count). The summed E-state index contributed by atoms with van der Waals surface area (Å²) in [6, 6.07) is 11.9. The molecule has 6 heteroatoms. The van der Waals surface area contributed by atoms with Gasteiger partial charge in [-0.05, 0) is 62.4 Å². The van der Waals surface area contributed by atoms with Gasteiger partial charge < -0.3 is 10.2 Å². The lowest BCUT2D eigenvalue weighted by Crippen LogP contribution is -2.41. The number of aromatic nitrogens is 2. The maximum Gasteiger partial charge on any atom is 0.229 e. The molecule has 0 bridgehead atoms. The molecular weight excluding hydrogens is 320 g/mol. The predicted octanol–water partition coefficient (Wildman–Crippen LogP) is 3.36. The van der Waals surface area contributed by atoms with Crippen LogP contribution in [0.2, 0.25) is 0 Å². The summed E-state index contributed by atoms with van der Waals surface area (Å²) < 4.78 is 0. The van der Waals surface area contributed by atoms with Crippen LogP contribution in [-0.4, -0.2) is 35.4 Å². The molecule has 1 atom stereocenters. The van der Waals surface area contributed by atoms with Gasteiger partial charge in [0.05, 0.1) is 11.6 Å². The third-order valence-electron chi connectivity index (χ3n) is 4.26. The number of piperidine rings is 1. The minimum atomic E-state index is -0.0259. The highest BCUT2D eigenvalue weighted by molar-refractivity contribution is 7.98. The van der Waals surface area contributed by atoms with E-state index >= 15 is 0 Å². The SMILES string of the molecule is CSc1ccc(NC(=O)C2CCCN(c3ccc(C)nn3)C2)cc1. The van der Waals surface area contributed by atoms with Gasteiger partial charge in [0.15, 0.2) is 5.82 Å². The zero-order valence-electron chi connectivity index (χ0n) is 14.0. The lowest BCUT2D eigenvalue weighted by molar-refractivity contribution is -0.120. The third kappa shape index (κ3) is 4.06. The molecule has 0 aliphatic carbocycles. The predicted molar refractivity (Wildman–Crippen MR) is 98.6 cm³/mol. The fourth-order valence-electron chi connectivity index (χ4n) is 2.88. The Morgan fingerprint density at radius 3 is 2.67 bits per heavy atom. The molecule has 1 fully saturated rings. The zero-order chi connectivity index (χ0) is 16.9. The normalized spacial score (nSPS) is 17.6. The molecule has 126 valence electrons. The molecule has 2 aromatic rings. The average molecular weight is 342 g/mol.